The van der Waals surface area contributed by atoms with E-state index in [9.17, 15) is 9.90 Å². The predicted molar refractivity (Wildman–Crippen MR) is 122 cm³/mol. The minimum absolute atomic E-state index is 0.00707. The monoisotopic (exact) mass is 408 g/mol. The number of hydrogen-bond acceptors (Lipinski definition) is 3. The molecule has 0 radical (unpaired) electrons. The van der Waals surface area contributed by atoms with E-state index in [0.29, 0.717) is 6.54 Å². The molecule has 1 heterocycles. The van der Waals surface area contributed by atoms with Crippen LogP contribution in [-0.4, -0.2) is 34.2 Å². The van der Waals surface area contributed by atoms with E-state index < -0.39 is 12.1 Å². The minimum Gasteiger partial charge on any atom is -0.391 e. The summed E-state index contributed by atoms with van der Waals surface area (Å²) in [6, 6.07) is 19.7. The standard InChI is InChI=1S/C26H36N2O2/c1-18(2)24-27-22(25(30)28(24)17-20-14-10-7-11-15-20)23(29)21(26(3,4)5)16-19-12-8-6-9-13-19/h6-15,18,21-24,27,29H,16-17H2,1-5H3/t21?,22-,23+,24?/m0/s1. The number of nitrogens with zero attached hydrogens (tertiary/aromatic N) is 1. The van der Waals surface area contributed by atoms with E-state index in [0.717, 1.165) is 12.0 Å². The predicted octanol–water partition coefficient (Wildman–Crippen LogP) is 4.24. The number of amides is 1. The zero-order chi connectivity index (χ0) is 21.9. The summed E-state index contributed by atoms with van der Waals surface area (Å²) in [7, 11) is 0. The number of aliphatic hydroxyl groups is 1. The second-order valence-corrected chi connectivity index (χ2v) is 9.94. The average molecular weight is 409 g/mol. The molecule has 2 aromatic rings. The molecule has 3 rings (SSSR count). The number of benzene rings is 2. The fourth-order valence-electron chi connectivity index (χ4n) is 4.45. The summed E-state index contributed by atoms with van der Waals surface area (Å²) < 4.78 is 0. The topological polar surface area (TPSA) is 52.6 Å². The van der Waals surface area contributed by atoms with Crippen molar-refractivity contribution in [3.63, 3.8) is 0 Å². The smallest absolute Gasteiger partial charge is 0.244 e. The summed E-state index contributed by atoms with van der Waals surface area (Å²) in [6.45, 7) is 11.2. The SMILES string of the molecule is CC(C)C1N[C@@H]([C@H](O)C(Cc2ccccc2)C(C)(C)C)C(=O)N1Cc1ccccc1. The number of hydrogen-bond donors (Lipinski definition) is 2. The van der Waals surface area contributed by atoms with E-state index in [-0.39, 0.29) is 29.3 Å². The second kappa shape index (κ2) is 9.32. The summed E-state index contributed by atoms with van der Waals surface area (Å²) in [4.78, 5) is 15.4. The zero-order valence-corrected chi connectivity index (χ0v) is 18.9. The average Bonchev–Trinajstić information content (AvgIpc) is 3.03. The van der Waals surface area contributed by atoms with E-state index in [4.69, 9.17) is 0 Å². The molecule has 2 unspecified atom stereocenters. The van der Waals surface area contributed by atoms with Gasteiger partial charge in [-0.3, -0.25) is 10.1 Å². The number of carbonyl (C=O) groups is 1. The Morgan fingerprint density at radius 2 is 1.50 bits per heavy atom. The van der Waals surface area contributed by atoms with Crippen LogP contribution in [0.3, 0.4) is 0 Å². The first-order valence-electron chi connectivity index (χ1n) is 11.0. The van der Waals surface area contributed by atoms with Crippen molar-refractivity contribution in [3.8, 4) is 0 Å². The van der Waals surface area contributed by atoms with Crippen molar-refractivity contribution in [2.45, 2.75) is 65.9 Å². The maximum Gasteiger partial charge on any atom is 0.244 e. The van der Waals surface area contributed by atoms with Crippen LogP contribution in [0.2, 0.25) is 0 Å². The third-order valence-corrected chi connectivity index (χ3v) is 6.23. The van der Waals surface area contributed by atoms with Crippen molar-refractivity contribution in [1.29, 1.82) is 0 Å². The molecule has 1 amide bonds. The Kier molecular flexibility index (Phi) is 6.99. The van der Waals surface area contributed by atoms with Gasteiger partial charge in [-0.05, 0) is 34.8 Å². The van der Waals surface area contributed by atoms with Crippen LogP contribution in [0, 0.1) is 17.3 Å². The highest BCUT2D eigenvalue weighted by atomic mass is 16.3. The van der Waals surface area contributed by atoms with E-state index >= 15 is 0 Å². The van der Waals surface area contributed by atoms with E-state index in [1.807, 2.05) is 53.4 Å². The molecular weight excluding hydrogens is 372 g/mol. The lowest BCUT2D eigenvalue weighted by Gasteiger charge is -2.37. The first-order chi connectivity index (χ1) is 14.2. The molecule has 2 aromatic carbocycles. The first-order valence-corrected chi connectivity index (χ1v) is 11.0. The van der Waals surface area contributed by atoms with Crippen LogP contribution in [0.25, 0.3) is 0 Å². The molecule has 4 nitrogen and oxygen atoms in total. The molecule has 4 heteroatoms. The van der Waals surface area contributed by atoms with Gasteiger partial charge in [-0.2, -0.15) is 0 Å². The molecule has 30 heavy (non-hydrogen) atoms. The number of rotatable bonds is 7. The van der Waals surface area contributed by atoms with Gasteiger partial charge in [0.05, 0.1) is 12.3 Å². The molecule has 0 aliphatic carbocycles. The number of carbonyl (C=O) groups excluding carboxylic acids is 1. The fourth-order valence-corrected chi connectivity index (χ4v) is 4.45. The summed E-state index contributed by atoms with van der Waals surface area (Å²) in [5, 5.41) is 14.9. The maximum absolute atomic E-state index is 13.5. The molecule has 0 spiro atoms. The van der Waals surface area contributed by atoms with Crippen molar-refractivity contribution in [2.75, 3.05) is 0 Å². The number of nitrogens with one attached hydrogen (secondary N) is 1. The van der Waals surface area contributed by atoms with Gasteiger partial charge in [0.1, 0.15) is 6.04 Å². The third kappa shape index (κ3) is 5.11. The van der Waals surface area contributed by atoms with Gasteiger partial charge in [0.2, 0.25) is 5.91 Å². The van der Waals surface area contributed by atoms with Crippen LogP contribution in [-0.2, 0) is 17.8 Å². The van der Waals surface area contributed by atoms with Gasteiger partial charge >= 0.3 is 0 Å². The quantitative estimate of drug-likeness (QED) is 0.721. The Morgan fingerprint density at radius 3 is 2.00 bits per heavy atom. The Morgan fingerprint density at radius 1 is 0.967 bits per heavy atom. The van der Waals surface area contributed by atoms with Gasteiger partial charge in [0.25, 0.3) is 0 Å². The van der Waals surface area contributed by atoms with Crippen molar-refractivity contribution in [2.24, 2.45) is 17.3 Å². The van der Waals surface area contributed by atoms with Crippen LogP contribution in [0.15, 0.2) is 60.7 Å². The van der Waals surface area contributed by atoms with Gasteiger partial charge in [-0.25, -0.2) is 0 Å². The van der Waals surface area contributed by atoms with Crippen LogP contribution in [0.1, 0.15) is 45.7 Å². The Labute approximate surface area is 181 Å². The number of aliphatic hydroxyl groups excluding tert-OH is 1. The summed E-state index contributed by atoms with van der Waals surface area (Å²) in [5.74, 6) is 0.190. The minimum atomic E-state index is -0.764. The summed E-state index contributed by atoms with van der Waals surface area (Å²) in [5.41, 5.74) is 2.14. The molecule has 1 fully saturated rings. The van der Waals surface area contributed by atoms with Gasteiger partial charge in [-0.15, -0.1) is 0 Å². The Bertz CT molecular complexity index is 814. The molecule has 162 valence electrons. The first kappa shape index (κ1) is 22.5. The zero-order valence-electron chi connectivity index (χ0n) is 18.9. The molecule has 0 saturated carbocycles. The molecule has 1 aliphatic heterocycles. The highest BCUT2D eigenvalue weighted by Gasteiger charge is 2.47. The van der Waals surface area contributed by atoms with Gasteiger partial charge < -0.3 is 10.0 Å². The second-order valence-electron chi connectivity index (χ2n) is 9.94. The lowest BCUT2D eigenvalue weighted by atomic mass is 9.72. The maximum atomic E-state index is 13.5. The molecule has 0 aromatic heterocycles. The van der Waals surface area contributed by atoms with Crippen LogP contribution < -0.4 is 5.32 Å². The molecule has 2 N–H and O–H groups in total. The molecule has 0 bridgehead atoms. The van der Waals surface area contributed by atoms with E-state index in [1.54, 1.807) is 0 Å². The van der Waals surface area contributed by atoms with Crippen molar-refractivity contribution in [1.82, 2.24) is 10.2 Å². The van der Waals surface area contributed by atoms with Crippen molar-refractivity contribution >= 4 is 5.91 Å². The molecule has 1 saturated heterocycles. The normalized spacial score (nSPS) is 21.8. The molecule has 4 atom stereocenters. The largest absolute Gasteiger partial charge is 0.391 e. The fraction of sp³-hybridized carbons (Fsp3) is 0.500. The Balaban J connectivity index is 1.84. The van der Waals surface area contributed by atoms with Crippen molar-refractivity contribution in [3.05, 3.63) is 71.8 Å². The van der Waals surface area contributed by atoms with E-state index in [2.05, 4.69) is 52.1 Å². The summed E-state index contributed by atoms with van der Waals surface area (Å²) in [6.07, 6.45) is -0.114. The highest BCUT2D eigenvalue weighted by Crippen LogP contribution is 2.35. The summed E-state index contributed by atoms with van der Waals surface area (Å²) >= 11 is 0. The molecular formula is C26H36N2O2. The van der Waals surface area contributed by atoms with Crippen LogP contribution >= 0.6 is 0 Å². The van der Waals surface area contributed by atoms with Gasteiger partial charge in [0, 0.05) is 6.54 Å². The van der Waals surface area contributed by atoms with E-state index in [1.165, 1.54) is 5.56 Å². The van der Waals surface area contributed by atoms with Gasteiger partial charge in [0.15, 0.2) is 0 Å². The van der Waals surface area contributed by atoms with Crippen LogP contribution in [0.5, 0.6) is 0 Å². The Hall–Kier alpha value is -2.17. The highest BCUT2D eigenvalue weighted by molar-refractivity contribution is 5.85. The van der Waals surface area contributed by atoms with Crippen LogP contribution in [0.4, 0.5) is 0 Å². The molecule has 1 aliphatic rings. The lowest BCUT2D eigenvalue weighted by molar-refractivity contribution is -0.134. The third-order valence-electron chi connectivity index (χ3n) is 6.23. The van der Waals surface area contributed by atoms with Gasteiger partial charge in [-0.1, -0.05) is 95.3 Å². The lowest BCUT2D eigenvalue weighted by Crippen LogP contribution is -2.50. The van der Waals surface area contributed by atoms with Crippen molar-refractivity contribution < 1.29 is 9.90 Å².